The Labute approximate surface area is 184 Å². The minimum absolute atomic E-state index is 0.0371. The number of carbonyl (C=O) groups excluding carboxylic acids is 1. The van der Waals surface area contributed by atoms with E-state index in [-0.39, 0.29) is 23.9 Å². The molecule has 1 aromatic heterocycles. The van der Waals surface area contributed by atoms with Crippen molar-refractivity contribution in [1.82, 2.24) is 20.3 Å². The van der Waals surface area contributed by atoms with Crippen molar-refractivity contribution in [2.24, 2.45) is 0 Å². The van der Waals surface area contributed by atoms with Crippen LogP contribution in [0.1, 0.15) is 39.7 Å². The highest BCUT2D eigenvalue weighted by atomic mass is 19.1. The first-order chi connectivity index (χ1) is 14.8. The maximum atomic E-state index is 13.5. The molecule has 1 aliphatic rings. The number of urea groups is 1. The molecular formula is C23H34FN5O2. The van der Waals surface area contributed by atoms with Crippen LogP contribution >= 0.6 is 0 Å². The Morgan fingerprint density at radius 2 is 1.84 bits per heavy atom. The highest BCUT2D eigenvalue weighted by molar-refractivity contribution is 5.76. The molecular weight excluding hydrogens is 397 g/mol. The Kier molecular flexibility index (Phi) is 7.54. The number of benzene rings is 1. The Bertz CT molecular complexity index is 859. The van der Waals surface area contributed by atoms with Gasteiger partial charge in [-0.15, -0.1) is 0 Å². The van der Waals surface area contributed by atoms with Crippen molar-refractivity contribution in [2.75, 3.05) is 38.1 Å². The smallest absolute Gasteiger partial charge is 0.318 e. The highest BCUT2D eigenvalue weighted by Crippen LogP contribution is 2.33. The fourth-order valence-electron chi connectivity index (χ4n) is 3.68. The van der Waals surface area contributed by atoms with Crippen molar-refractivity contribution in [3.63, 3.8) is 0 Å². The van der Waals surface area contributed by atoms with Crippen LogP contribution < -0.4 is 10.2 Å². The molecule has 1 atom stereocenters. The van der Waals surface area contributed by atoms with Gasteiger partial charge >= 0.3 is 6.03 Å². The molecule has 2 heterocycles. The van der Waals surface area contributed by atoms with Crippen molar-refractivity contribution < 1.29 is 13.7 Å². The average molecular weight is 432 g/mol. The molecule has 1 saturated heterocycles. The van der Waals surface area contributed by atoms with E-state index in [2.05, 4.69) is 34.2 Å². The van der Waals surface area contributed by atoms with Gasteiger partial charge in [0.2, 0.25) is 5.88 Å². The molecule has 8 heteroatoms. The number of carbonyl (C=O) groups is 1. The Balaban J connectivity index is 2.00. The summed E-state index contributed by atoms with van der Waals surface area (Å²) in [6.45, 7) is 11.9. The van der Waals surface area contributed by atoms with E-state index >= 15 is 0 Å². The third-order valence-corrected chi connectivity index (χ3v) is 5.80. The summed E-state index contributed by atoms with van der Waals surface area (Å²) in [5.41, 5.74) is 2.28. The lowest BCUT2D eigenvalue weighted by molar-refractivity contribution is 0.171. The van der Waals surface area contributed by atoms with Crippen LogP contribution in [0, 0.1) is 5.82 Å². The zero-order valence-corrected chi connectivity index (χ0v) is 19.2. The van der Waals surface area contributed by atoms with Gasteiger partial charge in [0.15, 0.2) is 0 Å². The number of nitrogens with zero attached hydrogens (tertiary/aromatic N) is 4. The van der Waals surface area contributed by atoms with Crippen LogP contribution in [0.15, 0.2) is 28.8 Å². The molecule has 0 radical (unpaired) electrons. The number of nitrogens with one attached hydrogen (secondary N) is 1. The Morgan fingerprint density at radius 1 is 1.19 bits per heavy atom. The van der Waals surface area contributed by atoms with Crippen LogP contribution in [0.4, 0.5) is 15.1 Å². The molecule has 1 fully saturated rings. The topological polar surface area (TPSA) is 64.9 Å². The monoisotopic (exact) mass is 431 g/mol. The molecule has 1 unspecified atom stereocenters. The summed E-state index contributed by atoms with van der Waals surface area (Å²) in [5, 5.41) is 7.37. The number of piperazine rings is 1. The van der Waals surface area contributed by atoms with E-state index in [4.69, 9.17) is 4.52 Å². The molecule has 31 heavy (non-hydrogen) atoms. The summed E-state index contributed by atoms with van der Waals surface area (Å²) < 4.78 is 19.3. The third kappa shape index (κ3) is 5.55. The molecule has 7 nitrogen and oxygen atoms in total. The number of hydrogen-bond acceptors (Lipinski definition) is 5. The molecule has 0 bridgehead atoms. The maximum absolute atomic E-state index is 13.5. The quantitative estimate of drug-likeness (QED) is 0.719. The summed E-state index contributed by atoms with van der Waals surface area (Å²) in [6.07, 6.45) is 0.826. The molecule has 0 spiro atoms. The molecule has 0 aliphatic carbocycles. The number of likely N-dealkylation sites (N-methyl/N-ethyl adjacent to an activating group) is 1. The summed E-state index contributed by atoms with van der Waals surface area (Å²) in [7, 11) is 2.10. The predicted octanol–water partition coefficient (Wildman–Crippen LogP) is 3.95. The van der Waals surface area contributed by atoms with Gasteiger partial charge in [-0.3, -0.25) is 0 Å². The van der Waals surface area contributed by atoms with Crippen LogP contribution in [0.5, 0.6) is 0 Å². The molecule has 170 valence electrons. The number of aromatic nitrogens is 1. The number of anilines is 1. The Hall–Kier alpha value is -2.61. The molecule has 0 saturated carbocycles. The zero-order chi connectivity index (χ0) is 22.5. The van der Waals surface area contributed by atoms with E-state index in [1.54, 1.807) is 12.1 Å². The maximum Gasteiger partial charge on any atom is 0.318 e. The summed E-state index contributed by atoms with van der Waals surface area (Å²) in [6, 6.07) is 6.20. The summed E-state index contributed by atoms with van der Waals surface area (Å²) >= 11 is 0. The van der Waals surface area contributed by atoms with E-state index in [0.29, 0.717) is 18.1 Å². The second-order valence-corrected chi connectivity index (χ2v) is 8.60. The molecule has 2 amide bonds. The lowest BCUT2D eigenvalue weighted by Gasteiger charge is -2.34. The van der Waals surface area contributed by atoms with E-state index in [1.807, 2.05) is 25.7 Å². The molecule has 1 N–H and O–H groups in total. The minimum atomic E-state index is -0.300. The largest absolute Gasteiger partial charge is 0.338 e. The second-order valence-electron chi connectivity index (χ2n) is 8.60. The van der Waals surface area contributed by atoms with Gasteiger partial charge in [0.05, 0.1) is 12.1 Å². The molecule has 1 aliphatic heterocycles. The van der Waals surface area contributed by atoms with Crippen LogP contribution in [0.2, 0.25) is 0 Å². The van der Waals surface area contributed by atoms with Crippen molar-refractivity contribution in [3.8, 4) is 11.3 Å². The van der Waals surface area contributed by atoms with Crippen LogP contribution in [0.3, 0.4) is 0 Å². The van der Waals surface area contributed by atoms with Gasteiger partial charge in [0.1, 0.15) is 11.5 Å². The lowest BCUT2D eigenvalue weighted by atomic mass is 10.1. The second kappa shape index (κ2) is 10.1. The van der Waals surface area contributed by atoms with Gasteiger partial charge < -0.3 is 24.5 Å². The fourth-order valence-corrected chi connectivity index (χ4v) is 3.68. The molecule has 1 aromatic carbocycles. The van der Waals surface area contributed by atoms with Gasteiger partial charge in [0, 0.05) is 43.8 Å². The van der Waals surface area contributed by atoms with Crippen LogP contribution in [-0.4, -0.2) is 66.3 Å². The van der Waals surface area contributed by atoms with Crippen molar-refractivity contribution in [2.45, 2.75) is 52.7 Å². The van der Waals surface area contributed by atoms with Crippen LogP contribution in [-0.2, 0) is 6.54 Å². The van der Waals surface area contributed by atoms with E-state index in [9.17, 15) is 9.18 Å². The van der Waals surface area contributed by atoms with Gasteiger partial charge in [-0.05, 0) is 58.5 Å². The summed E-state index contributed by atoms with van der Waals surface area (Å²) in [5.74, 6) is 0.392. The average Bonchev–Trinajstić information content (AvgIpc) is 3.15. The summed E-state index contributed by atoms with van der Waals surface area (Å²) in [4.78, 5) is 19.3. The Morgan fingerprint density at radius 3 is 2.42 bits per heavy atom. The first-order valence-electron chi connectivity index (χ1n) is 11.0. The van der Waals surface area contributed by atoms with Gasteiger partial charge in [-0.1, -0.05) is 12.1 Å². The zero-order valence-electron chi connectivity index (χ0n) is 19.2. The number of rotatable bonds is 7. The minimum Gasteiger partial charge on any atom is -0.338 e. The standard InChI is InChI=1S/C23H34FN5O2/c1-6-17(4)29(23(30)25-16(2)3)15-20-21(18-7-9-19(24)10-8-18)26-31-22(20)28-13-11-27(5)12-14-28/h7-10,16-17H,6,11-15H2,1-5H3,(H,25,30). The van der Waals surface area contributed by atoms with E-state index in [0.717, 1.165) is 43.7 Å². The predicted molar refractivity (Wildman–Crippen MR) is 121 cm³/mol. The fraction of sp³-hybridized carbons (Fsp3) is 0.565. The lowest BCUT2D eigenvalue weighted by Crippen LogP contribution is -2.47. The SMILES string of the molecule is CCC(C)N(Cc1c(-c2ccc(F)cc2)noc1N1CCN(C)CC1)C(=O)NC(C)C. The first kappa shape index (κ1) is 23.1. The molecule has 2 aromatic rings. The van der Waals surface area contributed by atoms with E-state index in [1.165, 1.54) is 12.1 Å². The first-order valence-corrected chi connectivity index (χ1v) is 11.0. The van der Waals surface area contributed by atoms with Gasteiger partial charge in [0.25, 0.3) is 0 Å². The van der Waals surface area contributed by atoms with Gasteiger partial charge in [-0.25, -0.2) is 9.18 Å². The highest BCUT2D eigenvalue weighted by Gasteiger charge is 2.29. The van der Waals surface area contributed by atoms with Gasteiger partial charge in [-0.2, -0.15) is 0 Å². The third-order valence-electron chi connectivity index (χ3n) is 5.80. The van der Waals surface area contributed by atoms with Crippen molar-refractivity contribution >= 4 is 11.9 Å². The van der Waals surface area contributed by atoms with E-state index < -0.39 is 0 Å². The van der Waals surface area contributed by atoms with Crippen LogP contribution in [0.25, 0.3) is 11.3 Å². The molecule has 3 rings (SSSR count). The normalized spacial score (nSPS) is 15.9. The number of halogens is 1. The van der Waals surface area contributed by atoms with Crippen molar-refractivity contribution in [3.05, 3.63) is 35.6 Å². The number of hydrogen-bond donors (Lipinski definition) is 1. The van der Waals surface area contributed by atoms with Crippen molar-refractivity contribution in [1.29, 1.82) is 0 Å². The number of amides is 2.